The number of anilines is 2. The summed E-state index contributed by atoms with van der Waals surface area (Å²) in [5.74, 6) is 0.592. The number of fused-ring (bicyclic) bond motifs is 1. The quantitative estimate of drug-likeness (QED) is 0.304. The summed E-state index contributed by atoms with van der Waals surface area (Å²) < 4.78 is 34.1. The fourth-order valence-electron chi connectivity index (χ4n) is 4.29. The molecule has 1 amide bonds. The predicted molar refractivity (Wildman–Crippen MR) is 158 cm³/mol. The lowest BCUT2D eigenvalue weighted by atomic mass is 10.2. The van der Waals surface area contributed by atoms with E-state index in [1.54, 1.807) is 60.9 Å². The first-order chi connectivity index (χ1) is 18.4. The Morgan fingerprint density at radius 1 is 1.00 bits per heavy atom. The summed E-state index contributed by atoms with van der Waals surface area (Å²) >= 11 is 1.67. The second-order valence-electron chi connectivity index (χ2n) is 8.91. The zero-order valence-corrected chi connectivity index (χ0v) is 23.8. The summed E-state index contributed by atoms with van der Waals surface area (Å²) in [6.45, 7) is 4.73. The van der Waals surface area contributed by atoms with Crippen molar-refractivity contribution in [2.75, 3.05) is 56.0 Å². The lowest BCUT2D eigenvalue weighted by molar-refractivity contribution is 0.0948. The SMILES string of the molecule is COc1ccc2nc(N3CCN(CCNC(=O)c4cccc(NS(=O)(=O)c5ccccc5)c4)CC3)sc2c1.Cl. The van der Waals surface area contributed by atoms with Crippen molar-refractivity contribution in [1.29, 1.82) is 0 Å². The maximum absolute atomic E-state index is 12.7. The maximum atomic E-state index is 12.7. The molecule has 0 saturated carbocycles. The van der Waals surface area contributed by atoms with Crippen LogP contribution in [-0.4, -0.2) is 70.6 Å². The molecule has 1 aliphatic rings. The van der Waals surface area contributed by atoms with Gasteiger partial charge in [-0.25, -0.2) is 13.4 Å². The predicted octanol–water partition coefficient (Wildman–Crippen LogP) is 4.08. The van der Waals surface area contributed by atoms with Gasteiger partial charge in [0.1, 0.15) is 5.75 Å². The number of methoxy groups -OCH3 is 1. The molecular weight excluding hydrogens is 558 g/mol. The number of amides is 1. The molecule has 12 heteroatoms. The van der Waals surface area contributed by atoms with Crippen molar-refractivity contribution in [1.82, 2.24) is 15.2 Å². The summed E-state index contributed by atoms with van der Waals surface area (Å²) in [6.07, 6.45) is 0. The number of thiazole rings is 1. The third-order valence-electron chi connectivity index (χ3n) is 6.37. The highest BCUT2D eigenvalue weighted by Crippen LogP contribution is 2.31. The number of carbonyl (C=O) groups excluding carboxylic acids is 1. The fourth-order valence-corrected chi connectivity index (χ4v) is 6.40. The third kappa shape index (κ3) is 6.99. The Morgan fingerprint density at radius 3 is 2.51 bits per heavy atom. The number of nitrogens with one attached hydrogen (secondary N) is 2. The summed E-state index contributed by atoms with van der Waals surface area (Å²) in [6, 6.07) is 20.6. The van der Waals surface area contributed by atoms with E-state index in [1.165, 1.54) is 12.1 Å². The Bertz CT molecular complexity index is 1520. The molecular formula is C27H30ClN5O4S2. The monoisotopic (exact) mass is 587 g/mol. The van der Waals surface area contributed by atoms with Crippen LogP contribution in [0.15, 0.2) is 77.7 Å². The van der Waals surface area contributed by atoms with Crippen LogP contribution in [0.4, 0.5) is 10.8 Å². The zero-order chi connectivity index (χ0) is 26.5. The highest BCUT2D eigenvalue weighted by atomic mass is 35.5. The molecule has 0 unspecified atom stereocenters. The lowest BCUT2D eigenvalue weighted by Gasteiger charge is -2.34. The Kier molecular flexibility index (Phi) is 9.28. The van der Waals surface area contributed by atoms with Crippen molar-refractivity contribution in [2.45, 2.75) is 4.90 Å². The second kappa shape index (κ2) is 12.6. The number of sulfonamides is 1. The van der Waals surface area contributed by atoms with E-state index < -0.39 is 10.0 Å². The molecule has 0 bridgehead atoms. The molecule has 0 aliphatic carbocycles. The molecule has 1 aromatic heterocycles. The van der Waals surface area contributed by atoms with Gasteiger partial charge in [-0.3, -0.25) is 14.4 Å². The Morgan fingerprint density at radius 2 is 1.77 bits per heavy atom. The van der Waals surface area contributed by atoms with E-state index in [4.69, 9.17) is 9.72 Å². The number of nitrogens with zero attached hydrogens (tertiary/aromatic N) is 3. The van der Waals surface area contributed by atoms with E-state index >= 15 is 0 Å². The van der Waals surface area contributed by atoms with Gasteiger partial charge in [0.2, 0.25) is 0 Å². The number of aromatic nitrogens is 1. The lowest BCUT2D eigenvalue weighted by Crippen LogP contribution is -2.48. The van der Waals surface area contributed by atoms with Crippen molar-refractivity contribution in [3.05, 3.63) is 78.4 Å². The zero-order valence-electron chi connectivity index (χ0n) is 21.4. The van der Waals surface area contributed by atoms with Gasteiger partial charge in [0.25, 0.3) is 15.9 Å². The van der Waals surface area contributed by atoms with Crippen LogP contribution >= 0.6 is 23.7 Å². The molecule has 39 heavy (non-hydrogen) atoms. The Balaban J connectivity index is 0.00000353. The van der Waals surface area contributed by atoms with E-state index in [1.807, 2.05) is 18.2 Å². The molecule has 1 fully saturated rings. The van der Waals surface area contributed by atoms with E-state index in [0.717, 1.165) is 53.8 Å². The highest BCUT2D eigenvalue weighted by Gasteiger charge is 2.20. The molecule has 2 heterocycles. The first-order valence-electron chi connectivity index (χ1n) is 12.3. The topological polar surface area (TPSA) is 104 Å². The minimum absolute atomic E-state index is 0. The number of carbonyl (C=O) groups is 1. The smallest absolute Gasteiger partial charge is 0.261 e. The molecule has 1 saturated heterocycles. The molecule has 3 aromatic carbocycles. The molecule has 0 radical (unpaired) electrons. The van der Waals surface area contributed by atoms with Crippen LogP contribution in [0.3, 0.4) is 0 Å². The summed E-state index contributed by atoms with van der Waals surface area (Å²) in [5, 5.41) is 3.96. The maximum Gasteiger partial charge on any atom is 0.261 e. The van der Waals surface area contributed by atoms with Crippen molar-refractivity contribution in [3.63, 3.8) is 0 Å². The van der Waals surface area contributed by atoms with Crippen LogP contribution in [0, 0.1) is 0 Å². The molecule has 1 aliphatic heterocycles. The molecule has 0 spiro atoms. The van der Waals surface area contributed by atoms with Crippen molar-refractivity contribution >= 4 is 60.7 Å². The van der Waals surface area contributed by atoms with Gasteiger partial charge in [0.15, 0.2) is 5.13 Å². The molecule has 206 valence electrons. The minimum atomic E-state index is -3.72. The van der Waals surface area contributed by atoms with E-state index in [2.05, 4.69) is 19.8 Å². The largest absolute Gasteiger partial charge is 0.497 e. The van der Waals surface area contributed by atoms with Crippen LogP contribution in [-0.2, 0) is 10.0 Å². The number of benzene rings is 3. The standard InChI is InChI=1S/C27H29N5O4S2.ClH/c1-36-22-10-11-24-25(19-22)37-27(29-24)32-16-14-31(15-17-32)13-12-28-26(33)20-6-5-7-21(18-20)30-38(34,35)23-8-3-2-4-9-23;/h2-11,18-19,30H,12-17H2,1H3,(H,28,33);1H. The summed E-state index contributed by atoms with van der Waals surface area (Å²) in [7, 11) is -2.06. The molecule has 9 nitrogen and oxygen atoms in total. The minimum Gasteiger partial charge on any atom is -0.497 e. The second-order valence-corrected chi connectivity index (χ2v) is 11.6. The van der Waals surface area contributed by atoms with Gasteiger partial charge >= 0.3 is 0 Å². The van der Waals surface area contributed by atoms with Crippen LogP contribution in [0.5, 0.6) is 5.75 Å². The average molecular weight is 588 g/mol. The Labute approximate surface area is 238 Å². The van der Waals surface area contributed by atoms with Crippen molar-refractivity contribution in [2.24, 2.45) is 0 Å². The van der Waals surface area contributed by atoms with Gasteiger partial charge < -0.3 is 15.0 Å². The van der Waals surface area contributed by atoms with Crippen LogP contribution in [0.1, 0.15) is 10.4 Å². The number of piperazine rings is 1. The van der Waals surface area contributed by atoms with E-state index in [-0.39, 0.29) is 23.2 Å². The van der Waals surface area contributed by atoms with Gasteiger partial charge in [-0.15, -0.1) is 12.4 Å². The number of halogens is 1. The van der Waals surface area contributed by atoms with Gasteiger partial charge in [-0.1, -0.05) is 35.6 Å². The van der Waals surface area contributed by atoms with Crippen LogP contribution < -0.4 is 19.7 Å². The summed E-state index contributed by atoms with van der Waals surface area (Å²) in [5.41, 5.74) is 1.72. The third-order valence-corrected chi connectivity index (χ3v) is 8.85. The normalized spacial score (nSPS) is 14.0. The average Bonchev–Trinajstić information content (AvgIpc) is 3.37. The number of ether oxygens (including phenoxy) is 1. The first-order valence-corrected chi connectivity index (χ1v) is 14.6. The number of hydrogen-bond acceptors (Lipinski definition) is 8. The number of hydrogen-bond donors (Lipinski definition) is 2. The fraction of sp³-hybridized carbons (Fsp3) is 0.259. The number of rotatable bonds is 9. The van der Waals surface area contributed by atoms with Crippen LogP contribution in [0.2, 0.25) is 0 Å². The van der Waals surface area contributed by atoms with Crippen LogP contribution in [0.25, 0.3) is 10.2 Å². The van der Waals surface area contributed by atoms with Gasteiger partial charge in [0, 0.05) is 50.5 Å². The molecule has 2 N–H and O–H groups in total. The van der Waals surface area contributed by atoms with E-state index in [9.17, 15) is 13.2 Å². The molecule has 4 aromatic rings. The van der Waals surface area contributed by atoms with Crippen molar-refractivity contribution in [3.8, 4) is 5.75 Å². The Hall–Kier alpha value is -3.38. The van der Waals surface area contributed by atoms with E-state index in [0.29, 0.717) is 17.8 Å². The highest BCUT2D eigenvalue weighted by molar-refractivity contribution is 7.92. The van der Waals surface area contributed by atoms with Gasteiger partial charge in [-0.2, -0.15) is 0 Å². The first kappa shape index (κ1) is 28.6. The molecule has 0 atom stereocenters. The summed E-state index contributed by atoms with van der Waals surface area (Å²) in [4.78, 5) is 22.3. The molecule has 5 rings (SSSR count). The van der Waals surface area contributed by atoms with Crippen molar-refractivity contribution < 1.29 is 17.9 Å². The van der Waals surface area contributed by atoms with Gasteiger partial charge in [0.05, 0.1) is 22.2 Å². The van der Waals surface area contributed by atoms with Gasteiger partial charge in [-0.05, 0) is 48.5 Å².